The summed E-state index contributed by atoms with van der Waals surface area (Å²) in [5, 5.41) is 5.21. The number of halogens is 3. The number of hydrogen-bond donors (Lipinski definition) is 1. The van der Waals surface area contributed by atoms with E-state index >= 15 is 0 Å². The van der Waals surface area contributed by atoms with Crippen molar-refractivity contribution in [3.63, 3.8) is 0 Å². The van der Waals surface area contributed by atoms with E-state index in [0.29, 0.717) is 20.6 Å². The number of anilines is 1. The zero-order valence-corrected chi connectivity index (χ0v) is 11.0. The van der Waals surface area contributed by atoms with Crippen LogP contribution >= 0.6 is 34.8 Å². The van der Waals surface area contributed by atoms with Crippen LogP contribution in [0.3, 0.4) is 0 Å². The smallest absolute Gasteiger partial charge is 0.129 e. The Morgan fingerprint density at radius 3 is 2.44 bits per heavy atom. The van der Waals surface area contributed by atoms with Crippen LogP contribution in [0.2, 0.25) is 15.1 Å². The van der Waals surface area contributed by atoms with Crippen LogP contribution in [0.1, 0.15) is 5.56 Å². The van der Waals surface area contributed by atoms with Gasteiger partial charge in [0.15, 0.2) is 0 Å². The van der Waals surface area contributed by atoms with Crippen LogP contribution in [0.25, 0.3) is 10.9 Å². The molecule has 0 aliphatic heterocycles. The molecule has 0 saturated heterocycles. The third-order valence-electron chi connectivity index (χ3n) is 2.38. The summed E-state index contributed by atoms with van der Waals surface area (Å²) in [6.07, 6.45) is 0. The first kappa shape index (κ1) is 11.8. The van der Waals surface area contributed by atoms with Gasteiger partial charge in [-0.25, -0.2) is 4.98 Å². The minimum Gasteiger partial charge on any atom is -0.373 e. The molecule has 2 rings (SSSR count). The minimum absolute atomic E-state index is 0.442. The Hall–Kier alpha value is -0.700. The van der Waals surface area contributed by atoms with Crippen molar-refractivity contribution in [1.82, 2.24) is 4.98 Å². The van der Waals surface area contributed by atoms with Gasteiger partial charge >= 0.3 is 0 Å². The van der Waals surface area contributed by atoms with Gasteiger partial charge in [0.25, 0.3) is 0 Å². The highest BCUT2D eigenvalue weighted by molar-refractivity contribution is 6.47. The Labute approximate surface area is 109 Å². The lowest BCUT2D eigenvalue weighted by atomic mass is 10.1. The molecule has 1 aromatic heterocycles. The molecule has 1 N–H and O–H groups in total. The highest BCUT2D eigenvalue weighted by Crippen LogP contribution is 2.36. The molecular weight excluding hydrogens is 266 g/mol. The summed E-state index contributed by atoms with van der Waals surface area (Å²) >= 11 is 18.2. The molecular formula is C11H9Cl3N2. The molecule has 2 aromatic rings. The molecule has 0 aliphatic rings. The van der Waals surface area contributed by atoms with Gasteiger partial charge in [0.05, 0.1) is 20.6 Å². The lowest BCUT2D eigenvalue weighted by Gasteiger charge is -2.09. The van der Waals surface area contributed by atoms with Crippen molar-refractivity contribution < 1.29 is 0 Å². The van der Waals surface area contributed by atoms with Crippen molar-refractivity contribution in [1.29, 1.82) is 0 Å². The number of benzene rings is 1. The van der Waals surface area contributed by atoms with Crippen LogP contribution in [0, 0.1) is 6.92 Å². The van der Waals surface area contributed by atoms with Crippen molar-refractivity contribution in [3.8, 4) is 0 Å². The third-order valence-corrected chi connectivity index (χ3v) is 3.47. The van der Waals surface area contributed by atoms with E-state index in [-0.39, 0.29) is 0 Å². The summed E-state index contributed by atoms with van der Waals surface area (Å²) in [5.41, 5.74) is 1.65. The minimum atomic E-state index is 0.442. The molecule has 0 spiro atoms. The average molecular weight is 276 g/mol. The molecule has 84 valence electrons. The van der Waals surface area contributed by atoms with Gasteiger partial charge < -0.3 is 5.32 Å². The van der Waals surface area contributed by atoms with Crippen LogP contribution in [0.5, 0.6) is 0 Å². The lowest BCUT2D eigenvalue weighted by molar-refractivity contribution is 1.29. The summed E-state index contributed by atoms with van der Waals surface area (Å²) in [7, 11) is 1.81. The number of rotatable bonds is 1. The normalized spacial score (nSPS) is 10.8. The van der Waals surface area contributed by atoms with Gasteiger partial charge in [0.2, 0.25) is 0 Å². The van der Waals surface area contributed by atoms with Gasteiger partial charge in [-0.2, -0.15) is 0 Å². The Morgan fingerprint density at radius 1 is 1.12 bits per heavy atom. The standard InChI is InChI=1S/C11H9Cl3N2/c1-5-3-6-9(14)7(12)4-8(13)10(6)16-11(5)15-2/h3-4H,1-2H3,(H,15,16). The first-order chi connectivity index (χ1) is 7.54. The molecule has 0 unspecified atom stereocenters. The van der Waals surface area contributed by atoms with E-state index in [9.17, 15) is 0 Å². The maximum atomic E-state index is 6.11. The van der Waals surface area contributed by atoms with Crippen molar-refractivity contribution in [2.24, 2.45) is 0 Å². The van der Waals surface area contributed by atoms with Gasteiger partial charge in [0.1, 0.15) is 5.82 Å². The number of aryl methyl sites for hydroxylation is 1. The van der Waals surface area contributed by atoms with E-state index in [1.54, 1.807) is 6.07 Å². The molecule has 0 amide bonds. The number of fused-ring (bicyclic) bond motifs is 1. The first-order valence-electron chi connectivity index (χ1n) is 4.67. The van der Waals surface area contributed by atoms with E-state index in [0.717, 1.165) is 16.8 Å². The van der Waals surface area contributed by atoms with Crippen molar-refractivity contribution >= 4 is 51.5 Å². The predicted octanol–water partition coefficient (Wildman–Crippen LogP) is 4.55. The van der Waals surface area contributed by atoms with Gasteiger partial charge in [-0.05, 0) is 24.6 Å². The van der Waals surface area contributed by atoms with E-state index in [2.05, 4.69) is 10.3 Å². The monoisotopic (exact) mass is 274 g/mol. The van der Waals surface area contributed by atoms with Crippen molar-refractivity contribution in [3.05, 3.63) is 32.8 Å². The van der Waals surface area contributed by atoms with Crippen LogP contribution in [0.4, 0.5) is 5.82 Å². The number of aromatic nitrogens is 1. The predicted molar refractivity (Wildman–Crippen MR) is 71.1 cm³/mol. The molecule has 2 nitrogen and oxygen atoms in total. The fraction of sp³-hybridized carbons (Fsp3) is 0.182. The molecule has 1 heterocycles. The molecule has 5 heteroatoms. The second-order valence-corrected chi connectivity index (χ2v) is 4.65. The van der Waals surface area contributed by atoms with E-state index in [1.807, 2.05) is 20.0 Å². The molecule has 0 aliphatic carbocycles. The average Bonchev–Trinajstić information content (AvgIpc) is 2.25. The van der Waals surface area contributed by atoms with E-state index < -0.39 is 0 Å². The van der Waals surface area contributed by atoms with E-state index in [1.165, 1.54) is 0 Å². The van der Waals surface area contributed by atoms with E-state index in [4.69, 9.17) is 34.8 Å². The largest absolute Gasteiger partial charge is 0.373 e. The zero-order valence-electron chi connectivity index (χ0n) is 8.74. The fourth-order valence-electron chi connectivity index (χ4n) is 1.59. The second kappa shape index (κ2) is 4.28. The van der Waals surface area contributed by atoms with Crippen LogP contribution in [-0.2, 0) is 0 Å². The number of hydrogen-bond acceptors (Lipinski definition) is 2. The maximum absolute atomic E-state index is 6.11. The molecule has 0 atom stereocenters. The number of nitrogens with one attached hydrogen (secondary N) is 1. The fourth-order valence-corrected chi connectivity index (χ4v) is 2.31. The molecule has 0 fully saturated rings. The van der Waals surface area contributed by atoms with Gasteiger partial charge in [-0.15, -0.1) is 0 Å². The van der Waals surface area contributed by atoms with Crippen LogP contribution in [0.15, 0.2) is 12.1 Å². The van der Waals surface area contributed by atoms with Crippen LogP contribution in [-0.4, -0.2) is 12.0 Å². The molecule has 0 saturated carbocycles. The molecule has 1 aromatic carbocycles. The molecule has 0 radical (unpaired) electrons. The third kappa shape index (κ3) is 1.81. The first-order valence-corrected chi connectivity index (χ1v) is 5.80. The lowest BCUT2D eigenvalue weighted by Crippen LogP contribution is -1.96. The van der Waals surface area contributed by atoms with Gasteiger partial charge in [-0.1, -0.05) is 34.8 Å². The summed E-state index contributed by atoms with van der Waals surface area (Å²) in [4.78, 5) is 4.41. The van der Waals surface area contributed by atoms with Gasteiger partial charge in [0, 0.05) is 12.4 Å². The highest BCUT2D eigenvalue weighted by Gasteiger charge is 2.11. The van der Waals surface area contributed by atoms with Crippen molar-refractivity contribution in [2.75, 3.05) is 12.4 Å². The summed E-state index contributed by atoms with van der Waals surface area (Å²) < 4.78 is 0. The SMILES string of the molecule is CNc1nc2c(Cl)cc(Cl)c(Cl)c2cc1C. The molecule has 16 heavy (non-hydrogen) atoms. The van der Waals surface area contributed by atoms with Gasteiger partial charge in [-0.3, -0.25) is 0 Å². The Bertz CT molecular complexity index is 567. The molecule has 0 bridgehead atoms. The second-order valence-electron chi connectivity index (χ2n) is 3.45. The van der Waals surface area contributed by atoms with Crippen LogP contribution < -0.4 is 5.32 Å². The summed E-state index contributed by atoms with van der Waals surface area (Å²) in [5.74, 6) is 0.785. The topological polar surface area (TPSA) is 24.9 Å². The Kier molecular flexibility index (Phi) is 3.15. The highest BCUT2D eigenvalue weighted by atomic mass is 35.5. The summed E-state index contributed by atoms with van der Waals surface area (Å²) in [6, 6.07) is 3.53. The quantitative estimate of drug-likeness (QED) is 0.773. The maximum Gasteiger partial charge on any atom is 0.129 e. The Morgan fingerprint density at radius 2 is 1.81 bits per heavy atom. The number of nitrogens with zero attached hydrogens (tertiary/aromatic N) is 1. The van der Waals surface area contributed by atoms with Crippen molar-refractivity contribution in [2.45, 2.75) is 6.92 Å². The Balaban J connectivity index is 2.90. The summed E-state index contributed by atoms with van der Waals surface area (Å²) in [6.45, 7) is 1.95. The zero-order chi connectivity index (χ0) is 11.9. The number of pyridine rings is 1.